The lowest BCUT2D eigenvalue weighted by Crippen LogP contribution is -2.39. The molecule has 1 N–H and O–H groups in total. The molecular formula is C19H23N. The van der Waals surface area contributed by atoms with Crippen molar-refractivity contribution >= 4 is 0 Å². The second kappa shape index (κ2) is 5.80. The van der Waals surface area contributed by atoms with Gasteiger partial charge in [0, 0.05) is 6.54 Å². The molecule has 20 heavy (non-hydrogen) atoms. The molecule has 0 saturated heterocycles. The zero-order chi connectivity index (χ0) is 13.8. The van der Waals surface area contributed by atoms with Crippen LogP contribution in [0.4, 0.5) is 0 Å². The van der Waals surface area contributed by atoms with Crippen molar-refractivity contribution < 1.29 is 0 Å². The van der Waals surface area contributed by atoms with Crippen LogP contribution < -0.4 is 5.32 Å². The van der Waals surface area contributed by atoms with E-state index >= 15 is 0 Å². The van der Waals surface area contributed by atoms with Gasteiger partial charge in [-0.15, -0.1) is 0 Å². The van der Waals surface area contributed by atoms with Gasteiger partial charge in [0.25, 0.3) is 0 Å². The molecule has 2 aromatic rings. The van der Waals surface area contributed by atoms with Crippen molar-refractivity contribution in [2.75, 3.05) is 6.54 Å². The second-order valence-corrected chi connectivity index (χ2v) is 6.30. The standard InChI is InChI=1S/C19H23N/c1-19(13-8-14-19)15-20-18(16-9-4-2-5-10-16)17-11-6-3-7-12-17/h2-7,9-12,18,20H,8,13-15H2,1H3. The average Bonchev–Trinajstić information content (AvgIpc) is 2.48. The molecule has 0 unspecified atom stereocenters. The summed E-state index contributed by atoms with van der Waals surface area (Å²) in [5.74, 6) is 0. The van der Waals surface area contributed by atoms with E-state index in [1.165, 1.54) is 30.4 Å². The van der Waals surface area contributed by atoms with Crippen LogP contribution >= 0.6 is 0 Å². The molecule has 0 bridgehead atoms. The molecule has 3 rings (SSSR count). The molecule has 0 radical (unpaired) electrons. The van der Waals surface area contributed by atoms with Crippen molar-refractivity contribution in [3.8, 4) is 0 Å². The van der Waals surface area contributed by atoms with E-state index in [2.05, 4.69) is 72.9 Å². The minimum atomic E-state index is 0.301. The molecule has 1 aliphatic rings. The van der Waals surface area contributed by atoms with Crippen LogP contribution in [-0.2, 0) is 0 Å². The van der Waals surface area contributed by atoms with Crippen molar-refractivity contribution in [3.05, 3.63) is 71.8 Å². The lowest BCUT2D eigenvalue weighted by Gasteiger charge is -2.40. The minimum absolute atomic E-state index is 0.301. The van der Waals surface area contributed by atoms with E-state index in [4.69, 9.17) is 0 Å². The van der Waals surface area contributed by atoms with Crippen LogP contribution in [0, 0.1) is 5.41 Å². The van der Waals surface area contributed by atoms with Gasteiger partial charge in [-0.3, -0.25) is 0 Å². The van der Waals surface area contributed by atoms with Gasteiger partial charge in [-0.1, -0.05) is 74.0 Å². The van der Waals surface area contributed by atoms with E-state index in [9.17, 15) is 0 Å². The Bertz CT molecular complexity index is 489. The number of hydrogen-bond donors (Lipinski definition) is 1. The second-order valence-electron chi connectivity index (χ2n) is 6.30. The Kier molecular flexibility index (Phi) is 3.88. The molecule has 1 saturated carbocycles. The van der Waals surface area contributed by atoms with Crippen LogP contribution in [0.1, 0.15) is 43.4 Å². The Morgan fingerprint density at radius 3 is 1.80 bits per heavy atom. The van der Waals surface area contributed by atoms with Gasteiger partial charge in [-0.2, -0.15) is 0 Å². The highest BCUT2D eigenvalue weighted by Crippen LogP contribution is 2.40. The SMILES string of the molecule is CC1(CNC(c2ccccc2)c2ccccc2)CCC1. The zero-order valence-corrected chi connectivity index (χ0v) is 12.2. The van der Waals surface area contributed by atoms with Gasteiger partial charge in [0.15, 0.2) is 0 Å². The Balaban J connectivity index is 1.80. The van der Waals surface area contributed by atoms with Gasteiger partial charge in [-0.05, 0) is 29.4 Å². The smallest absolute Gasteiger partial charge is 0.0576 e. The normalized spacial score (nSPS) is 16.9. The summed E-state index contributed by atoms with van der Waals surface area (Å²) < 4.78 is 0. The Morgan fingerprint density at radius 1 is 0.900 bits per heavy atom. The predicted octanol–water partition coefficient (Wildman–Crippen LogP) is 4.56. The first kappa shape index (κ1) is 13.4. The molecule has 1 nitrogen and oxygen atoms in total. The predicted molar refractivity (Wildman–Crippen MR) is 84.7 cm³/mol. The summed E-state index contributed by atoms with van der Waals surface area (Å²) in [6.07, 6.45) is 4.10. The third kappa shape index (κ3) is 2.94. The fraction of sp³-hybridized carbons (Fsp3) is 0.368. The average molecular weight is 265 g/mol. The van der Waals surface area contributed by atoms with Crippen LogP contribution in [0.15, 0.2) is 60.7 Å². The van der Waals surface area contributed by atoms with Crippen LogP contribution in [0.3, 0.4) is 0 Å². The molecule has 2 aromatic carbocycles. The molecule has 0 amide bonds. The summed E-state index contributed by atoms with van der Waals surface area (Å²) in [5, 5.41) is 3.79. The van der Waals surface area contributed by atoms with E-state index < -0.39 is 0 Å². The van der Waals surface area contributed by atoms with Gasteiger partial charge in [0.05, 0.1) is 6.04 Å². The molecule has 0 atom stereocenters. The minimum Gasteiger partial charge on any atom is -0.306 e. The Hall–Kier alpha value is -1.60. The summed E-state index contributed by atoms with van der Waals surface area (Å²) in [5.41, 5.74) is 3.20. The number of benzene rings is 2. The van der Waals surface area contributed by atoms with E-state index in [-0.39, 0.29) is 0 Å². The first-order valence-corrected chi connectivity index (χ1v) is 7.60. The first-order chi connectivity index (χ1) is 9.77. The van der Waals surface area contributed by atoms with Crippen molar-refractivity contribution in [2.45, 2.75) is 32.2 Å². The monoisotopic (exact) mass is 265 g/mol. The highest BCUT2D eigenvalue weighted by molar-refractivity contribution is 5.31. The van der Waals surface area contributed by atoms with E-state index in [0.717, 1.165) is 6.54 Å². The quantitative estimate of drug-likeness (QED) is 0.836. The molecule has 0 aliphatic heterocycles. The zero-order valence-electron chi connectivity index (χ0n) is 12.2. The maximum absolute atomic E-state index is 3.79. The summed E-state index contributed by atoms with van der Waals surface area (Å²) in [4.78, 5) is 0. The summed E-state index contributed by atoms with van der Waals surface area (Å²) in [6.45, 7) is 3.50. The maximum Gasteiger partial charge on any atom is 0.0576 e. The van der Waals surface area contributed by atoms with E-state index in [1.807, 2.05) is 0 Å². The van der Waals surface area contributed by atoms with Crippen LogP contribution in [-0.4, -0.2) is 6.54 Å². The third-order valence-corrected chi connectivity index (χ3v) is 4.56. The molecule has 0 aromatic heterocycles. The Labute approximate surface area is 122 Å². The van der Waals surface area contributed by atoms with E-state index in [0.29, 0.717) is 11.5 Å². The van der Waals surface area contributed by atoms with Crippen LogP contribution in [0.5, 0.6) is 0 Å². The number of nitrogens with one attached hydrogen (secondary N) is 1. The lowest BCUT2D eigenvalue weighted by molar-refractivity contribution is 0.153. The third-order valence-electron chi connectivity index (χ3n) is 4.56. The number of hydrogen-bond acceptors (Lipinski definition) is 1. The van der Waals surface area contributed by atoms with Crippen molar-refractivity contribution in [1.29, 1.82) is 0 Å². The molecule has 104 valence electrons. The van der Waals surface area contributed by atoms with Gasteiger partial charge in [0.2, 0.25) is 0 Å². The summed E-state index contributed by atoms with van der Waals surface area (Å²) in [6, 6.07) is 21.8. The van der Waals surface area contributed by atoms with Crippen molar-refractivity contribution in [3.63, 3.8) is 0 Å². The molecule has 1 heteroatoms. The highest BCUT2D eigenvalue weighted by atomic mass is 14.9. The van der Waals surface area contributed by atoms with Crippen LogP contribution in [0.2, 0.25) is 0 Å². The molecule has 1 fully saturated rings. The first-order valence-electron chi connectivity index (χ1n) is 7.60. The van der Waals surface area contributed by atoms with Crippen LogP contribution in [0.25, 0.3) is 0 Å². The maximum atomic E-state index is 3.79. The van der Waals surface area contributed by atoms with Crippen molar-refractivity contribution in [2.24, 2.45) is 5.41 Å². The van der Waals surface area contributed by atoms with Crippen molar-refractivity contribution in [1.82, 2.24) is 5.32 Å². The van der Waals surface area contributed by atoms with Gasteiger partial charge >= 0.3 is 0 Å². The fourth-order valence-corrected chi connectivity index (χ4v) is 3.02. The van der Waals surface area contributed by atoms with Gasteiger partial charge in [0.1, 0.15) is 0 Å². The van der Waals surface area contributed by atoms with E-state index in [1.54, 1.807) is 0 Å². The number of rotatable bonds is 5. The molecular weight excluding hydrogens is 242 g/mol. The summed E-state index contributed by atoms with van der Waals surface area (Å²) >= 11 is 0. The van der Waals surface area contributed by atoms with Gasteiger partial charge < -0.3 is 5.32 Å². The lowest BCUT2D eigenvalue weighted by atomic mass is 9.70. The highest BCUT2D eigenvalue weighted by Gasteiger charge is 2.32. The largest absolute Gasteiger partial charge is 0.306 e. The summed E-state index contributed by atoms with van der Waals surface area (Å²) in [7, 11) is 0. The fourth-order valence-electron chi connectivity index (χ4n) is 3.02. The Morgan fingerprint density at radius 2 is 1.40 bits per heavy atom. The van der Waals surface area contributed by atoms with Gasteiger partial charge in [-0.25, -0.2) is 0 Å². The molecule has 1 aliphatic carbocycles. The molecule has 0 heterocycles. The molecule has 0 spiro atoms. The topological polar surface area (TPSA) is 12.0 Å².